The topological polar surface area (TPSA) is 49.9 Å². The van der Waals surface area contributed by atoms with Crippen LogP contribution in [0.3, 0.4) is 0 Å². The normalized spacial score (nSPS) is 21.6. The SMILES string of the molecule is C[C@H]1Oc2ccccc2N(CC(=O)N(C)C2CCCCC2)C1=O. The van der Waals surface area contributed by atoms with Crippen LogP contribution in [0.4, 0.5) is 5.69 Å². The Labute approximate surface area is 137 Å². The van der Waals surface area contributed by atoms with E-state index < -0.39 is 6.10 Å². The molecule has 5 heteroatoms. The molecule has 3 rings (SSSR count). The Morgan fingerprint density at radius 2 is 1.96 bits per heavy atom. The number of likely N-dealkylation sites (N-methyl/N-ethyl adjacent to an activating group) is 1. The van der Waals surface area contributed by atoms with Gasteiger partial charge in [0.1, 0.15) is 12.3 Å². The number of rotatable bonds is 3. The maximum Gasteiger partial charge on any atom is 0.268 e. The highest BCUT2D eigenvalue weighted by atomic mass is 16.5. The second-order valence-electron chi connectivity index (χ2n) is 6.45. The van der Waals surface area contributed by atoms with E-state index in [0.29, 0.717) is 17.5 Å². The summed E-state index contributed by atoms with van der Waals surface area (Å²) in [6, 6.07) is 7.69. The van der Waals surface area contributed by atoms with Crippen LogP contribution in [-0.2, 0) is 9.59 Å². The molecule has 5 nitrogen and oxygen atoms in total. The van der Waals surface area contributed by atoms with Gasteiger partial charge >= 0.3 is 0 Å². The third kappa shape index (κ3) is 3.19. The number of carbonyl (C=O) groups excluding carboxylic acids is 2. The van der Waals surface area contributed by atoms with E-state index in [2.05, 4.69) is 0 Å². The van der Waals surface area contributed by atoms with E-state index in [9.17, 15) is 9.59 Å². The number of carbonyl (C=O) groups is 2. The smallest absolute Gasteiger partial charge is 0.268 e. The van der Waals surface area contributed by atoms with Gasteiger partial charge in [0.05, 0.1) is 5.69 Å². The Balaban J connectivity index is 1.75. The van der Waals surface area contributed by atoms with Crippen LogP contribution in [0.25, 0.3) is 0 Å². The molecule has 0 N–H and O–H groups in total. The minimum atomic E-state index is -0.558. The first kappa shape index (κ1) is 15.8. The molecule has 0 spiro atoms. The summed E-state index contributed by atoms with van der Waals surface area (Å²) in [5.74, 6) is 0.496. The van der Waals surface area contributed by atoms with Gasteiger partial charge in [-0.25, -0.2) is 0 Å². The minimum Gasteiger partial charge on any atom is -0.479 e. The maximum atomic E-state index is 12.7. The van der Waals surface area contributed by atoms with Crippen LogP contribution >= 0.6 is 0 Å². The van der Waals surface area contributed by atoms with E-state index in [4.69, 9.17) is 4.74 Å². The van der Waals surface area contributed by atoms with Crippen molar-refractivity contribution in [2.75, 3.05) is 18.5 Å². The third-order valence-corrected chi connectivity index (χ3v) is 4.88. The summed E-state index contributed by atoms with van der Waals surface area (Å²) in [5.41, 5.74) is 0.681. The van der Waals surface area contributed by atoms with Gasteiger partial charge in [-0.2, -0.15) is 0 Å². The number of amides is 2. The Hall–Kier alpha value is -2.04. The van der Waals surface area contributed by atoms with Crippen molar-refractivity contribution in [1.82, 2.24) is 4.90 Å². The molecule has 1 fully saturated rings. The van der Waals surface area contributed by atoms with Crippen LogP contribution in [-0.4, -0.2) is 42.5 Å². The Morgan fingerprint density at radius 3 is 2.70 bits per heavy atom. The predicted octanol–water partition coefficient (Wildman–Crippen LogP) is 2.59. The zero-order valence-electron chi connectivity index (χ0n) is 13.8. The lowest BCUT2D eigenvalue weighted by Gasteiger charge is -2.36. The summed E-state index contributed by atoms with van der Waals surface area (Å²) in [4.78, 5) is 28.5. The van der Waals surface area contributed by atoms with Crippen molar-refractivity contribution < 1.29 is 14.3 Å². The van der Waals surface area contributed by atoms with Crippen LogP contribution in [0.5, 0.6) is 5.75 Å². The van der Waals surface area contributed by atoms with Gasteiger partial charge in [0.15, 0.2) is 6.10 Å². The van der Waals surface area contributed by atoms with Crippen LogP contribution < -0.4 is 9.64 Å². The predicted molar refractivity (Wildman–Crippen MR) is 88.5 cm³/mol. The van der Waals surface area contributed by atoms with E-state index in [-0.39, 0.29) is 18.4 Å². The van der Waals surface area contributed by atoms with Gasteiger partial charge in [0, 0.05) is 13.1 Å². The van der Waals surface area contributed by atoms with Crippen LogP contribution in [0, 0.1) is 0 Å². The number of fused-ring (bicyclic) bond motifs is 1. The molecule has 0 unspecified atom stereocenters. The van der Waals surface area contributed by atoms with Crippen molar-refractivity contribution in [2.45, 2.75) is 51.2 Å². The van der Waals surface area contributed by atoms with Crippen molar-refractivity contribution >= 4 is 17.5 Å². The zero-order chi connectivity index (χ0) is 16.4. The van der Waals surface area contributed by atoms with Crippen molar-refractivity contribution in [3.63, 3.8) is 0 Å². The molecule has 1 aromatic carbocycles. The largest absolute Gasteiger partial charge is 0.479 e. The van der Waals surface area contributed by atoms with Crippen molar-refractivity contribution in [3.05, 3.63) is 24.3 Å². The number of nitrogens with zero attached hydrogens (tertiary/aromatic N) is 2. The number of benzene rings is 1. The van der Waals surface area contributed by atoms with E-state index >= 15 is 0 Å². The maximum absolute atomic E-state index is 12.7. The highest BCUT2D eigenvalue weighted by molar-refractivity contribution is 6.03. The van der Waals surface area contributed by atoms with E-state index in [0.717, 1.165) is 12.8 Å². The van der Waals surface area contributed by atoms with Crippen molar-refractivity contribution in [2.24, 2.45) is 0 Å². The van der Waals surface area contributed by atoms with Gasteiger partial charge in [-0.15, -0.1) is 0 Å². The van der Waals surface area contributed by atoms with Crippen molar-refractivity contribution in [1.29, 1.82) is 0 Å². The highest BCUT2D eigenvalue weighted by Gasteiger charge is 2.34. The van der Waals surface area contributed by atoms with E-state index in [1.807, 2.05) is 36.2 Å². The fraction of sp³-hybridized carbons (Fsp3) is 0.556. The third-order valence-electron chi connectivity index (χ3n) is 4.88. The zero-order valence-corrected chi connectivity index (χ0v) is 13.8. The number of anilines is 1. The first-order chi connectivity index (χ1) is 11.1. The minimum absolute atomic E-state index is 0.00541. The van der Waals surface area contributed by atoms with Gasteiger partial charge in [0.25, 0.3) is 5.91 Å². The van der Waals surface area contributed by atoms with Crippen LogP contribution in [0.2, 0.25) is 0 Å². The standard InChI is InChI=1S/C18H24N2O3/c1-13-18(22)20(15-10-6-7-11-16(15)23-13)12-17(21)19(2)14-8-4-3-5-9-14/h6-7,10-11,13-14H,3-5,8-9,12H2,1-2H3/t13-/m1/s1. The molecule has 0 bridgehead atoms. The lowest BCUT2D eigenvalue weighted by Crippen LogP contribution is -2.50. The summed E-state index contributed by atoms with van der Waals surface area (Å²) in [5, 5.41) is 0. The molecule has 23 heavy (non-hydrogen) atoms. The molecule has 1 atom stereocenters. The summed E-state index contributed by atoms with van der Waals surface area (Å²) >= 11 is 0. The molecule has 1 saturated carbocycles. The Morgan fingerprint density at radius 1 is 1.26 bits per heavy atom. The molecule has 0 aromatic heterocycles. The summed E-state index contributed by atoms with van der Waals surface area (Å²) in [7, 11) is 1.86. The average Bonchev–Trinajstić information content (AvgIpc) is 2.59. The lowest BCUT2D eigenvalue weighted by atomic mass is 9.94. The fourth-order valence-electron chi connectivity index (χ4n) is 3.44. The molecule has 2 aliphatic rings. The molecule has 1 heterocycles. The molecule has 1 aliphatic carbocycles. The molecule has 1 aromatic rings. The molecule has 1 aliphatic heterocycles. The fourth-order valence-corrected chi connectivity index (χ4v) is 3.44. The monoisotopic (exact) mass is 316 g/mol. The number of hydrogen-bond acceptors (Lipinski definition) is 3. The first-order valence-corrected chi connectivity index (χ1v) is 8.40. The second kappa shape index (κ2) is 6.60. The van der Waals surface area contributed by atoms with Gasteiger partial charge in [-0.05, 0) is 31.9 Å². The number of ether oxygens (including phenoxy) is 1. The molecule has 124 valence electrons. The summed E-state index contributed by atoms with van der Waals surface area (Å²) in [6.45, 7) is 1.80. The van der Waals surface area contributed by atoms with E-state index in [1.165, 1.54) is 19.3 Å². The molecular formula is C18H24N2O3. The summed E-state index contributed by atoms with van der Waals surface area (Å²) in [6.07, 6.45) is 5.18. The van der Waals surface area contributed by atoms with Crippen molar-refractivity contribution in [3.8, 4) is 5.75 Å². The Kier molecular flexibility index (Phi) is 4.55. The van der Waals surface area contributed by atoms with Crippen LogP contribution in [0.1, 0.15) is 39.0 Å². The quantitative estimate of drug-likeness (QED) is 0.861. The second-order valence-corrected chi connectivity index (χ2v) is 6.45. The molecule has 0 radical (unpaired) electrons. The van der Waals surface area contributed by atoms with Gasteiger partial charge < -0.3 is 9.64 Å². The molecule has 2 amide bonds. The highest BCUT2D eigenvalue weighted by Crippen LogP contribution is 2.33. The van der Waals surface area contributed by atoms with Gasteiger partial charge in [0.2, 0.25) is 5.91 Å². The number of para-hydroxylation sites is 2. The number of hydrogen-bond donors (Lipinski definition) is 0. The molecular weight excluding hydrogens is 292 g/mol. The Bertz CT molecular complexity index is 596. The van der Waals surface area contributed by atoms with E-state index in [1.54, 1.807) is 11.8 Å². The average molecular weight is 316 g/mol. The van der Waals surface area contributed by atoms with Gasteiger partial charge in [-0.3, -0.25) is 14.5 Å². The molecule has 0 saturated heterocycles. The lowest BCUT2D eigenvalue weighted by molar-refractivity contribution is -0.134. The van der Waals surface area contributed by atoms with Gasteiger partial charge in [-0.1, -0.05) is 31.4 Å². The first-order valence-electron chi connectivity index (χ1n) is 8.40. The summed E-state index contributed by atoms with van der Waals surface area (Å²) < 4.78 is 5.62. The van der Waals surface area contributed by atoms with Crippen LogP contribution in [0.15, 0.2) is 24.3 Å².